The minimum Gasteiger partial charge on any atom is -0.494 e. The topological polar surface area (TPSA) is 74.2 Å². The lowest BCUT2D eigenvalue weighted by Crippen LogP contribution is -2.45. The standard InChI is InChI=1S/C23H38O6Si/c1-4-27-30(28-5-2,29-6-3)19-12-10-8-7-9-11-18-26-22-15-13-14-21(20-22)16-17-23(24)25/h13-17,20H,4-12,18-19H2,1-3H3,(H,24,25). The molecule has 0 heterocycles. The van der Waals surface area contributed by atoms with E-state index in [1.807, 2.05) is 45.0 Å². The van der Waals surface area contributed by atoms with Gasteiger partial charge in [0.1, 0.15) is 5.75 Å². The van der Waals surface area contributed by atoms with Gasteiger partial charge in [-0.05, 0) is 57.4 Å². The summed E-state index contributed by atoms with van der Waals surface area (Å²) in [6, 6.07) is 8.35. The van der Waals surface area contributed by atoms with Gasteiger partial charge in [0.2, 0.25) is 0 Å². The Kier molecular flexibility index (Phi) is 14.1. The summed E-state index contributed by atoms with van der Waals surface area (Å²) in [6.07, 6.45) is 9.41. The molecule has 7 heteroatoms. The normalized spacial score (nSPS) is 11.8. The van der Waals surface area contributed by atoms with Crippen LogP contribution in [0.25, 0.3) is 6.08 Å². The van der Waals surface area contributed by atoms with Gasteiger partial charge in [-0.3, -0.25) is 0 Å². The van der Waals surface area contributed by atoms with E-state index in [2.05, 4.69) is 0 Å². The molecule has 170 valence electrons. The minimum atomic E-state index is -2.49. The van der Waals surface area contributed by atoms with E-state index in [1.165, 1.54) is 12.8 Å². The van der Waals surface area contributed by atoms with Crippen molar-refractivity contribution in [2.75, 3.05) is 26.4 Å². The number of hydrogen-bond donors (Lipinski definition) is 1. The van der Waals surface area contributed by atoms with Crippen molar-refractivity contribution in [1.29, 1.82) is 0 Å². The number of carboxylic acids is 1. The molecule has 1 N–H and O–H groups in total. The molecule has 0 fully saturated rings. The number of carboxylic acid groups (broad SMARTS) is 1. The first-order valence-electron chi connectivity index (χ1n) is 11.1. The average Bonchev–Trinajstić information content (AvgIpc) is 2.72. The summed E-state index contributed by atoms with van der Waals surface area (Å²) in [5, 5.41) is 8.70. The van der Waals surface area contributed by atoms with E-state index in [1.54, 1.807) is 6.08 Å². The molecular formula is C23H38O6Si. The molecule has 0 aliphatic rings. The SMILES string of the molecule is CCO[Si](CCCCCCCCOc1cccc(C=CC(=O)O)c1)(OCC)OCC. The van der Waals surface area contributed by atoms with Crippen molar-refractivity contribution in [3.63, 3.8) is 0 Å². The third kappa shape index (κ3) is 11.5. The zero-order chi connectivity index (χ0) is 22.1. The fourth-order valence-corrected chi connectivity index (χ4v) is 5.90. The highest BCUT2D eigenvalue weighted by Crippen LogP contribution is 2.21. The Balaban J connectivity index is 2.18. The van der Waals surface area contributed by atoms with E-state index in [-0.39, 0.29) is 0 Å². The molecule has 0 aliphatic carbocycles. The number of unbranched alkanes of at least 4 members (excludes halogenated alkanes) is 5. The zero-order valence-electron chi connectivity index (χ0n) is 18.7. The second-order valence-corrected chi connectivity index (χ2v) is 9.68. The fourth-order valence-electron chi connectivity index (χ4n) is 3.22. The maximum absolute atomic E-state index is 10.6. The second-order valence-electron chi connectivity index (χ2n) is 6.95. The van der Waals surface area contributed by atoms with Gasteiger partial charge in [0.15, 0.2) is 0 Å². The van der Waals surface area contributed by atoms with Crippen LogP contribution >= 0.6 is 0 Å². The van der Waals surface area contributed by atoms with Gasteiger partial charge < -0.3 is 23.1 Å². The molecule has 0 atom stereocenters. The summed E-state index contributed by atoms with van der Waals surface area (Å²) in [6.45, 7) is 8.53. The van der Waals surface area contributed by atoms with Crippen molar-refractivity contribution in [3.05, 3.63) is 35.9 Å². The van der Waals surface area contributed by atoms with Crippen LogP contribution < -0.4 is 4.74 Å². The predicted molar refractivity (Wildman–Crippen MR) is 122 cm³/mol. The summed E-state index contributed by atoms with van der Waals surface area (Å²) in [7, 11) is -2.49. The number of benzene rings is 1. The van der Waals surface area contributed by atoms with E-state index < -0.39 is 14.8 Å². The van der Waals surface area contributed by atoms with Crippen molar-refractivity contribution in [1.82, 2.24) is 0 Å². The molecule has 0 aromatic heterocycles. The average molecular weight is 439 g/mol. The monoisotopic (exact) mass is 438 g/mol. The van der Waals surface area contributed by atoms with Gasteiger partial charge in [-0.1, -0.05) is 37.8 Å². The summed E-state index contributed by atoms with van der Waals surface area (Å²) in [5.41, 5.74) is 0.820. The maximum Gasteiger partial charge on any atom is 0.500 e. The second kappa shape index (κ2) is 16.1. The zero-order valence-corrected chi connectivity index (χ0v) is 19.7. The van der Waals surface area contributed by atoms with Gasteiger partial charge in [0.05, 0.1) is 6.61 Å². The Morgan fingerprint density at radius 3 is 2.13 bits per heavy atom. The molecule has 0 saturated heterocycles. The first-order chi connectivity index (χ1) is 14.5. The molecule has 0 spiro atoms. The van der Waals surface area contributed by atoms with Crippen molar-refractivity contribution in [2.45, 2.75) is 65.3 Å². The number of carbonyl (C=O) groups is 1. The van der Waals surface area contributed by atoms with Crippen LogP contribution in [0.15, 0.2) is 30.3 Å². The molecule has 0 bridgehead atoms. The summed E-state index contributed by atoms with van der Waals surface area (Å²) < 4.78 is 23.5. The van der Waals surface area contributed by atoms with Crippen LogP contribution in [0.5, 0.6) is 5.75 Å². The first kappa shape index (κ1) is 26.4. The molecule has 0 aliphatic heterocycles. The lowest BCUT2D eigenvalue weighted by atomic mass is 10.1. The van der Waals surface area contributed by atoms with Gasteiger partial charge >= 0.3 is 14.8 Å². The quantitative estimate of drug-likeness (QED) is 0.184. The van der Waals surface area contributed by atoms with Gasteiger partial charge in [-0.2, -0.15) is 0 Å². The highest BCUT2D eigenvalue weighted by atomic mass is 28.4. The molecule has 1 aromatic carbocycles. The molecule has 1 rings (SSSR count). The summed E-state index contributed by atoms with van der Waals surface area (Å²) >= 11 is 0. The molecule has 0 saturated carbocycles. The number of hydrogen-bond acceptors (Lipinski definition) is 5. The lowest BCUT2D eigenvalue weighted by molar-refractivity contribution is -0.131. The number of aliphatic carboxylic acids is 1. The Morgan fingerprint density at radius 1 is 0.933 bits per heavy atom. The van der Waals surface area contributed by atoms with Crippen LogP contribution in [-0.2, 0) is 18.1 Å². The molecule has 30 heavy (non-hydrogen) atoms. The molecule has 0 amide bonds. The predicted octanol–water partition coefficient (Wildman–Crippen LogP) is 5.55. The maximum atomic E-state index is 10.6. The van der Waals surface area contributed by atoms with Crippen LogP contribution in [-0.4, -0.2) is 46.3 Å². The Morgan fingerprint density at radius 2 is 1.53 bits per heavy atom. The van der Waals surface area contributed by atoms with Crippen molar-refractivity contribution in [3.8, 4) is 5.75 Å². The first-order valence-corrected chi connectivity index (χ1v) is 13.0. The van der Waals surface area contributed by atoms with E-state index in [9.17, 15) is 4.79 Å². The lowest BCUT2D eigenvalue weighted by Gasteiger charge is -2.28. The number of ether oxygens (including phenoxy) is 1. The third-order valence-electron chi connectivity index (χ3n) is 4.52. The number of rotatable bonds is 18. The summed E-state index contributed by atoms with van der Waals surface area (Å²) in [4.78, 5) is 10.6. The van der Waals surface area contributed by atoms with Gasteiger partial charge in [0.25, 0.3) is 0 Å². The molecule has 6 nitrogen and oxygen atoms in total. The Hall–Kier alpha value is -1.67. The van der Waals surface area contributed by atoms with Crippen molar-refractivity contribution >= 4 is 20.8 Å². The van der Waals surface area contributed by atoms with Crippen LogP contribution in [0.4, 0.5) is 0 Å². The van der Waals surface area contributed by atoms with Crippen LogP contribution in [0, 0.1) is 0 Å². The van der Waals surface area contributed by atoms with Gasteiger partial charge in [0, 0.05) is 31.9 Å². The molecular weight excluding hydrogens is 400 g/mol. The molecule has 0 radical (unpaired) electrons. The van der Waals surface area contributed by atoms with Crippen LogP contribution in [0.2, 0.25) is 6.04 Å². The van der Waals surface area contributed by atoms with Gasteiger partial charge in [-0.25, -0.2) is 4.79 Å². The van der Waals surface area contributed by atoms with Crippen LogP contribution in [0.1, 0.15) is 64.9 Å². The minimum absolute atomic E-state index is 0.630. The van der Waals surface area contributed by atoms with Crippen molar-refractivity contribution in [2.24, 2.45) is 0 Å². The van der Waals surface area contributed by atoms with E-state index in [0.29, 0.717) is 26.4 Å². The molecule has 1 aromatic rings. The summed E-state index contributed by atoms with van der Waals surface area (Å²) in [5.74, 6) is -0.186. The van der Waals surface area contributed by atoms with Crippen LogP contribution in [0.3, 0.4) is 0 Å². The molecule has 0 unspecified atom stereocenters. The highest BCUT2D eigenvalue weighted by molar-refractivity contribution is 6.60. The van der Waals surface area contributed by atoms with E-state index in [0.717, 1.165) is 49.1 Å². The fraction of sp³-hybridized carbons (Fsp3) is 0.609. The smallest absolute Gasteiger partial charge is 0.494 e. The van der Waals surface area contributed by atoms with E-state index >= 15 is 0 Å². The Bertz CT molecular complexity index is 602. The van der Waals surface area contributed by atoms with Gasteiger partial charge in [-0.15, -0.1) is 0 Å². The van der Waals surface area contributed by atoms with E-state index in [4.69, 9.17) is 23.1 Å². The third-order valence-corrected chi connectivity index (χ3v) is 7.67. The Labute approximate surface area is 182 Å². The highest BCUT2D eigenvalue weighted by Gasteiger charge is 2.39. The van der Waals surface area contributed by atoms with Crippen molar-refractivity contribution < 1.29 is 27.9 Å². The largest absolute Gasteiger partial charge is 0.500 e.